The van der Waals surface area contributed by atoms with Crippen LogP contribution >= 0.6 is 0 Å². The van der Waals surface area contributed by atoms with Gasteiger partial charge in [-0.15, -0.1) is 0 Å². The van der Waals surface area contributed by atoms with E-state index >= 15 is 0 Å². The molecule has 0 amide bonds. The maximum Gasteiger partial charge on any atom is 0.323 e. The summed E-state index contributed by atoms with van der Waals surface area (Å²) in [6, 6.07) is 0.582. The third-order valence-corrected chi connectivity index (χ3v) is 4.02. The van der Waals surface area contributed by atoms with Crippen LogP contribution in [0.1, 0.15) is 26.2 Å². The summed E-state index contributed by atoms with van der Waals surface area (Å²) in [5.74, 6) is -0.218. The summed E-state index contributed by atoms with van der Waals surface area (Å²) in [4.78, 5) is 13.5. The molecule has 0 aromatic heterocycles. The topological polar surface area (TPSA) is 52.6 Å². The lowest BCUT2D eigenvalue weighted by atomic mass is 9.89. The number of carboxylic acids is 1. The third-order valence-electron chi connectivity index (χ3n) is 4.02. The Labute approximate surface area is 90.6 Å². The van der Waals surface area contributed by atoms with Gasteiger partial charge in [0.05, 0.1) is 0 Å². The molecule has 0 bridgehead atoms. The maximum absolute atomic E-state index is 11.1. The van der Waals surface area contributed by atoms with Crippen molar-refractivity contribution in [3.05, 3.63) is 0 Å². The van der Waals surface area contributed by atoms with Gasteiger partial charge in [0, 0.05) is 12.6 Å². The first-order valence-electron chi connectivity index (χ1n) is 5.71. The van der Waals surface area contributed by atoms with E-state index in [4.69, 9.17) is 5.11 Å². The van der Waals surface area contributed by atoms with Gasteiger partial charge in [0.2, 0.25) is 0 Å². The van der Waals surface area contributed by atoms with Crippen LogP contribution in [0.2, 0.25) is 0 Å². The highest BCUT2D eigenvalue weighted by atomic mass is 16.4. The molecule has 0 aromatic carbocycles. The molecule has 4 heteroatoms. The molecule has 15 heavy (non-hydrogen) atoms. The number of hydrogen-bond acceptors (Lipinski definition) is 3. The molecule has 0 aromatic rings. The van der Waals surface area contributed by atoms with Crippen LogP contribution < -0.4 is 5.32 Å². The molecule has 4 nitrogen and oxygen atoms in total. The Balaban J connectivity index is 2.00. The molecule has 2 saturated heterocycles. The van der Waals surface area contributed by atoms with Crippen molar-refractivity contribution in [2.75, 3.05) is 20.1 Å². The van der Waals surface area contributed by atoms with Gasteiger partial charge in [-0.1, -0.05) is 0 Å². The summed E-state index contributed by atoms with van der Waals surface area (Å²) in [6.45, 7) is 3.80. The first-order chi connectivity index (χ1) is 7.03. The van der Waals surface area contributed by atoms with Crippen LogP contribution in [0.4, 0.5) is 0 Å². The van der Waals surface area contributed by atoms with E-state index in [1.165, 1.54) is 12.8 Å². The maximum atomic E-state index is 11.1. The second kappa shape index (κ2) is 3.76. The van der Waals surface area contributed by atoms with E-state index in [1.54, 1.807) is 6.92 Å². The molecule has 0 radical (unpaired) electrons. The van der Waals surface area contributed by atoms with E-state index in [-0.39, 0.29) is 0 Å². The fourth-order valence-electron chi connectivity index (χ4n) is 2.99. The van der Waals surface area contributed by atoms with E-state index in [1.807, 2.05) is 0 Å². The van der Waals surface area contributed by atoms with E-state index in [0.717, 1.165) is 19.5 Å². The van der Waals surface area contributed by atoms with Crippen molar-refractivity contribution >= 4 is 5.97 Å². The lowest BCUT2D eigenvalue weighted by molar-refractivity contribution is -0.143. The Bertz CT molecular complexity index is 269. The zero-order valence-electron chi connectivity index (χ0n) is 9.49. The van der Waals surface area contributed by atoms with Crippen molar-refractivity contribution in [1.82, 2.24) is 10.2 Å². The smallest absolute Gasteiger partial charge is 0.323 e. The molecule has 3 atom stereocenters. The zero-order valence-corrected chi connectivity index (χ0v) is 9.49. The largest absolute Gasteiger partial charge is 0.480 e. The molecule has 0 saturated carbocycles. The molecule has 0 aliphatic carbocycles. The molecule has 2 aliphatic heterocycles. The highest BCUT2D eigenvalue weighted by Gasteiger charge is 2.44. The van der Waals surface area contributed by atoms with Gasteiger partial charge in [-0.25, -0.2) is 0 Å². The van der Waals surface area contributed by atoms with Crippen molar-refractivity contribution < 1.29 is 9.90 Å². The van der Waals surface area contributed by atoms with Crippen molar-refractivity contribution in [2.45, 2.75) is 37.8 Å². The van der Waals surface area contributed by atoms with Gasteiger partial charge >= 0.3 is 5.97 Å². The number of carboxylic acid groups (broad SMARTS) is 1. The molecular formula is C11H20N2O2. The first kappa shape index (κ1) is 10.9. The highest BCUT2D eigenvalue weighted by molar-refractivity contribution is 5.78. The van der Waals surface area contributed by atoms with Crippen LogP contribution in [-0.2, 0) is 4.79 Å². The minimum Gasteiger partial charge on any atom is -0.480 e. The summed E-state index contributed by atoms with van der Waals surface area (Å²) in [5, 5.41) is 12.3. The third kappa shape index (κ3) is 1.88. The quantitative estimate of drug-likeness (QED) is 0.701. The predicted octanol–water partition coefficient (Wildman–Crippen LogP) is 0.533. The summed E-state index contributed by atoms with van der Waals surface area (Å²) in [5.41, 5.74) is -0.700. The molecule has 2 rings (SSSR count). The Morgan fingerprint density at radius 1 is 1.60 bits per heavy atom. The van der Waals surface area contributed by atoms with Crippen LogP contribution in [0.5, 0.6) is 0 Å². The minimum atomic E-state index is -0.717. The summed E-state index contributed by atoms with van der Waals surface area (Å²) in [6.07, 6.45) is 3.23. The Hall–Kier alpha value is -0.610. The van der Waals surface area contributed by atoms with Gasteiger partial charge < -0.3 is 15.3 Å². The Morgan fingerprint density at radius 3 is 2.80 bits per heavy atom. The van der Waals surface area contributed by atoms with Gasteiger partial charge in [0.15, 0.2) is 0 Å². The lowest BCUT2D eigenvalue weighted by Crippen LogP contribution is -2.44. The zero-order chi connectivity index (χ0) is 11.1. The fourth-order valence-corrected chi connectivity index (χ4v) is 2.99. The number of likely N-dealkylation sites (tertiary alicyclic amines) is 1. The number of nitrogens with one attached hydrogen (secondary N) is 1. The van der Waals surface area contributed by atoms with Crippen molar-refractivity contribution in [3.8, 4) is 0 Å². The van der Waals surface area contributed by atoms with Crippen LogP contribution in [0.15, 0.2) is 0 Å². The standard InChI is InChI=1S/C11H20N2O2/c1-11(10(14)15)6-8(7-12-11)9-4-3-5-13(9)2/h8-9,12H,3-7H2,1-2H3,(H,14,15). The summed E-state index contributed by atoms with van der Waals surface area (Å²) < 4.78 is 0. The predicted molar refractivity (Wildman–Crippen MR) is 57.8 cm³/mol. The van der Waals surface area contributed by atoms with Crippen LogP contribution in [0.3, 0.4) is 0 Å². The van der Waals surface area contributed by atoms with Crippen LogP contribution in [-0.4, -0.2) is 47.7 Å². The first-order valence-corrected chi connectivity index (χ1v) is 5.71. The second-order valence-electron chi connectivity index (χ2n) is 5.17. The molecule has 0 spiro atoms. The Kier molecular flexibility index (Phi) is 2.73. The van der Waals surface area contributed by atoms with Crippen LogP contribution in [0.25, 0.3) is 0 Å². The monoisotopic (exact) mass is 212 g/mol. The number of aliphatic carboxylic acids is 1. The molecule has 2 aliphatic rings. The van der Waals surface area contributed by atoms with Gasteiger partial charge in [0.1, 0.15) is 5.54 Å². The van der Waals surface area contributed by atoms with Crippen molar-refractivity contribution in [2.24, 2.45) is 5.92 Å². The van der Waals surface area contributed by atoms with Gasteiger partial charge in [-0.05, 0) is 45.7 Å². The summed E-state index contributed by atoms with van der Waals surface area (Å²) >= 11 is 0. The van der Waals surface area contributed by atoms with E-state index in [0.29, 0.717) is 12.0 Å². The molecule has 86 valence electrons. The molecule has 2 fully saturated rings. The average Bonchev–Trinajstić information content (AvgIpc) is 2.73. The number of rotatable bonds is 2. The minimum absolute atomic E-state index is 0.499. The van der Waals surface area contributed by atoms with Gasteiger partial charge in [0.25, 0.3) is 0 Å². The summed E-state index contributed by atoms with van der Waals surface area (Å²) in [7, 11) is 2.15. The lowest BCUT2D eigenvalue weighted by Gasteiger charge is -2.26. The molecule has 2 N–H and O–H groups in total. The SMILES string of the molecule is CN1CCCC1C1CNC(C)(C(=O)O)C1. The van der Waals surface area contributed by atoms with E-state index < -0.39 is 11.5 Å². The normalized spacial score (nSPS) is 42.3. The Morgan fingerprint density at radius 2 is 2.33 bits per heavy atom. The fraction of sp³-hybridized carbons (Fsp3) is 0.909. The molecule has 2 heterocycles. The number of carbonyl (C=O) groups is 1. The van der Waals surface area contributed by atoms with Crippen molar-refractivity contribution in [1.29, 1.82) is 0 Å². The number of hydrogen-bond donors (Lipinski definition) is 2. The molecule has 3 unspecified atom stereocenters. The average molecular weight is 212 g/mol. The molecular weight excluding hydrogens is 192 g/mol. The van der Waals surface area contributed by atoms with Gasteiger partial charge in [-0.2, -0.15) is 0 Å². The van der Waals surface area contributed by atoms with Crippen molar-refractivity contribution in [3.63, 3.8) is 0 Å². The highest BCUT2D eigenvalue weighted by Crippen LogP contribution is 2.32. The van der Waals surface area contributed by atoms with E-state index in [2.05, 4.69) is 17.3 Å². The van der Waals surface area contributed by atoms with Crippen LogP contribution in [0, 0.1) is 5.92 Å². The van der Waals surface area contributed by atoms with Gasteiger partial charge in [-0.3, -0.25) is 4.79 Å². The second-order valence-corrected chi connectivity index (χ2v) is 5.17. The van der Waals surface area contributed by atoms with E-state index in [9.17, 15) is 4.79 Å². The number of nitrogens with zero attached hydrogens (tertiary/aromatic N) is 1.